The molecule has 0 unspecified atom stereocenters. The van der Waals surface area contributed by atoms with Crippen LogP contribution in [0.3, 0.4) is 0 Å². The minimum absolute atomic E-state index is 1.17. The summed E-state index contributed by atoms with van der Waals surface area (Å²) in [5.41, 5.74) is 0. The summed E-state index contributed by atoms with van der Waals surface area (Å²) in [5, 5.41) is 0. The number of unbranched alkanes of at least 4 members (excludes halogenated alkanes) is 6. The molecule has 2 heteroatoms. The van der Waals surface area contributed by atoms with Crippen LogP contribution in [0.1, 0.15) is 65.2 Å². The minimum atomic E-state index is 1.17. The van der Waals surface area contributed by atoms with Crippen molar-refractivity contribution in [2.75, 3.05) is 0 Å². The SMILES string of the molecule is CCCCC[C-]=CCCCCC.[Zn+][I]. The van der Waals surface area contributed by atoms with Crippen molar-refractivity contribution in [3.05, 3.63) is 12.2 Å². The Balaban J connectivity index is 0. The Morgan fingerprint density at radius 1 is 1.00 bits per heavy atom. The molecule has 0 heterocycles. The maximum atomic E-state index is 3.35. The van der Waals surface area contributed by atoms with Gasteiger partial charge in [0.15, 0.2) is 0 Å². The van der Waals surface area contributed by atoms with Crippen molar-refractivity contribution in [2.45, 2.75) is 65.2 Å². The molecule has 0 aliphatic rings. The summed E-state index contributed by atoms with van der Waals surface area (Å²) in [5.74, 6) is 0. The molecule has 0 rings (SSSR count). The van der Waals surface area contributed by atoms with Gasteiger partial charge in [0, 0.05) is 0 Å². The zero-order valence-corrected chi connectivity index (χ0v) is 14.9. The topological polar surface area (TPSA) is 0 Å². The molecule has 0 atom stereocenters. The Kier molecular flexibility index (Phi) is 24.5. The molecule has 0 bridgehead atoms. The third-order valence-corrected chi connectivity index (χ3v) is 2.02. The predicted octanol–water partition coefficient (Wildman–Crippen LogP) is 5.39. The first-order valence-electron chi connectivity index (χ1n) is 5.73. The van der Waals surface area contributed by atoms with Crippen LogP contribution in [0.5, 0.6) is 0 Å². The molecule has 0 saturated heterocycles. The monoisotopic (exact) mass is 358 g/mol. The average molecular weight is 360 g/mol. The van der Waals surface area contributed by atoms with Crippen molar-refractivity contribution in [3.63, 3.8) is 0 Å². The fraction of sp³-hybridized carbons (Fsp3) is 0.833. The summed E-state index contributed by atoms with van der Waals surface area (Å²) in [4.78, 5) is 0. The molecule has 0 fully saturated rings. The van der Waals surface area contributed by atoms with E-state index in [4.69, 9.17) is 0 Å². The number of rotatable bonds is 8. The Morgan fingerprint density at radius 3 is 2.14 bits per heavy atom. The number of halogens is 1. The van der Waals surface area contributed by atoms with E-state index < -0.39 is 0 Å². The molecule has 0 amide bonds. The van der Waals surface area contributed by atoms with Crippen LogP contribution < -0.4 is 0 Å². The van der Waals surface area contributed by atoms with E-state index in [-0.39, 0.29) is 0 Å². The number of hydrogen-bond acceptors (Lipinski definition) is 0. The molecule has 0 aliphatic carbocycles. The Morgan fingerprint density at radius 2 is 1.57 bits per heavy atom. The van der Waals surface area contributed by atoms with Crippen LogP contribution >= 0.6 is 19.8 Å². The zero-order valence-electron chi connectivity index (χ0n) is 9.82. The standard InChI is InChI=1S/C12H23.HI.Zn/c1-3-5-7-9-11-12-10-8-6-4-2;;/h11H,3-10H2,1-2H3;1H;/q-1;;+2/p-1. The second kappa shape index (κ2) is 19.6. The molecule has 0 aliphatic heterocycles. The van der Waals surface area contributed by atoms with Gasteiger partial charge in [-0.05, 0) is 0 Å². The summed E-state index contributed by atoms with van der Waals surface area (Å²) in [6.07, 6.45) is 16.0. The van der Waals surface area contributed by atoms with Crippen molar-refractivity contribution in [3.8, 4) is 0 Å². The molecule has 0 aromatic heterocycles. The molecule has 80 valence electrons. The van der Waals surface area contributed by atoms with Crippen molar-refractivity contribution in [1.82, 2.24) is 0 Å². The molecule has 0 nitrogen and oxygen atoms in total. The molecule has 0 radical (unpaired) electrons. The molecule has 0 N–H and O–H groups in total. The molecule has 14 heavy (non-hydrogen) atoms. The Hall–Kier alpha value is 1.09. The summed E-state index contributed by atoms with van der Waals surface area (Å²) < 4.78 is 0. The maximum absolute atomic E-state index is 3.35. The molecule has 0 saturated carbocycles. The van der Waals surface area contributed by atoms with Gasteiger partial charge in [-0.2, -0.15) is 6.42 Å². The van der Waals surface area contributed by atoms with Crippen molar-refractivity contribution in [1.29, 1.82) is 0 Å². The first-order valence-corrected chi connectivity index (χ1v) is 14.8. The van der Waals surface area contributed by atoms with Crippen LogP contribution in [-0.4, -0.2) is 0 Å². The van der Waals surface area contributed by atoms with Crippen LogP contribution in [0.4, 0.5) is 0 Å². The molecule has 0 spiro atoms. The van der Waals surface area contributed by atoms with Gasteiger partial charge in [0.1, 0.15) is 0 Å². The van der Waals surface area contributed by atoms with E-state index in [9.17, 15) is 0 Å². The Labute approximate surface area is 111 Å². The third-order valence-electron chi connectivity index (χ3n) is 2.02. The van der Waals surface area contributed by atoms with Crippen LogP contribution in [-0.2, 0) is 14.8 Å². The summed E-state index contributed by atoms with van der Waals surface area (Å²) in [6, 6.07) is 0. The van der Waals surface area contributed by atoms with Crippen LogP contribution in [0, 0.1) is 6.08 Å². The van der Waals surface area contributed by atoms with Crippen molar-refractivity contribution < 1.29 is 14.8 Å². The molecular weight excluding hydrogens is 336 g/mol. The van der Waals surface area contributed by atoms with Gasteiger partial charge < -0.3 is 6.08 Å². The molecule has 0 aromatic rings. The summed E-state index contributed by atoms with van der Waals surface area (Å²) >= 11 is 3.62. The van der Waals surface area contributed by atoms with E-state index in [0.29, 0.717) is 0 Å². The van der Waals surface area contributed by atoms with E-state index in [0.717, 1.165) is 0 Å². The van der Waals surface area contributed by atoms with Crippen molar-refractivity contribution >= 4 is 19.8 Å². The quantitative estimate of drug-likeness (QED) is 0.236. The summed E-state index contributed by atoms with van der Waals surface area (Å²) in [6.45, 7) is 4.49. The van der Waals surface area contributed by atoms with E-state index in [1.165, 1.54) is 66.2 Å². The number of allylic oxidation sites excluding steroid dienone is 2. The summed E-state index contributed by atoms with van der Waals surface area (Å²) in [7, 11) is 0. The van der Waals surface area contributed by atoms with Crippen LogP contribution in [0.25, 0.3) is 0 Å². The van der Waals surface area contributed by atoms with E-state index in [2.05, 4.69) is 45.7 Å². The molecular formula is C12H23IZn. The first kappa shape index (κ1) is 17.5. The average Bonchev–Trinajstić information content (AvgIpc) is 2.25. The predicted molar refractivity (Wildman–Crippen MR) is 70.1 cm³/mol. The second-order valence-corrected chi connectivity index (χ2v) is 3.36. The fourth-order valence-electron chi connectivity index (χ4n) is 1.18. The van der Waals surface area contributed by atoms with E-state index in [1.807, 2.05) is 0 Å². The van der Waals surface area contributed by atoms with E-state index in [1.54, 1.807) is 0 Å². The van der Waals surface area contributed by atoms with Gasteiger partial charge in [-0.25, -0.2) is 0 Å². The zero-order chi connectivity index (χ0) is 11.1. The van der Waals surface area contributed by atoms with Crippen molar-refractivity contribution in [2.24, 2.45) is 0 Å². The van der Waals surface area contributed by atoms with Gasteiger partial charge in [-0.1, -0.05) is 58.8 Å². The van der Waals surface area contributed by atoms with Gasteiger partial charge in [-0.3, -0.25) is 6.08 Å². The normalized spacial score (nSPS) is 10.1. The van der Waals surface area contributed by atoms with Crippen LogP contribution in [0.2, 0.25) is 0 Å². The first-order chi connectivity index (χ1) is 6.91. The number of hydrogen-bond donors (Lipinski definition) is 0. The van der Waals surface area contributed by atoms with E-state index >= 15 is 0 Å². The van der Waals surface area contributed by atoms with Gasteiger partial charge in [0.25, 0.3) is 0 Å². The van der Waals surface area contributed by atoms with Gasteiger partial charge in [0.2, 0.25) is 0 Å². The van der Waals surface area contributed by atoms with Gasteiger partial charge in [-0.15, -0.1) is 0 Å². The fourth-order valence-corrected chi connectivity index (χ4v) is 1.18. The molecule has 0 aromatic carbocycles. The Bertz CT molecular complexity index is 90.5. The second-order valence-electron chi connectivity index (χ2n) is 3.36. The van der Waals surface area contributed by atoms with Crippen LogP contribution in [0.15, 0.2) is 6.08 Å². The van der Waals surface area contributed by atoms with Gasteiger partial charge >= 0.3 is 34.5 Å². The van der Waals surface area contributed by atoms with Gasteiger partial charge in [0.05, 0.1) is 0 Å². The third kappa shape index (κ3) is 18.8.